The van der Waals surface area contributed by atoms with E-state index in [1.165, 1.54) is 54.6 Å². The van der Waals surface area contributed by atoms with Gasteiger partial charge in [0.05, 0.1) is 0 Å². The van der Waals surface area contributed by atoms with Gasteiger partial charge in [-0.15, -0.1) is 0 Å². The number of aryl methyl sites for hydroxylation is 1. The van der Waals surface area contributed by atoms with E-state index >= 15 is 0 Å². The Labute approximate surface area is 137 Å². The zero-order valence-corrected chi connectivity index (χ0v) is 15.1. The predicted molar refractivity (Wildman–Crippen MR) is 94.1 cm³/mol. The molecule has 21 heavy (non-hydrogen) atoms. The van der Waals surface area contributed by atoms with Crippen LogP contribution in [0.2, 0.25) is 0 Å². The molecule has 0 saturated carbocycles. The molecule has 2 heterocycles. The fraction of sp³-hybridized carbons (Fsp3) is 0.667. The number of hydrogen-bond acceptors (Lipinski definition) is 2. The average Bonchev–Trinajstić information content (AvgIpc) is 2.48. The molecule has 0 spiro atoms. The van der Waals surface area contributed by atoms with Crippen molar-refractivity contribution in [1.82, 2.24) is 4.90 Å². The fourth-order valence-corrected chi connectivity index (χ4v) is 4.30. The lowest BCUT2D eigenvalue weighted by Gasteiger charge is -2.51. The Balaban J connectivity index is 1.91. The van der Waals surface area contributed by atoms with E-state index < -0.39 is 0 Å². The van der Waals surface area contributed by atoms with Crippen LogP contribution in [0.1, 0.15) is 38.7 Å². The van der Waals surface area contributed by atoms with Crippen LogP contribution in [-0.4, -0.2) is 36.6 Å². The van der Waals surface area contributed by atoms with Crippen molar-refractivity contribution in [3.05, 3.63) is 28.2 Å². The molecule has 2 nitrogen and oxygen atoms in total. The van der Waals surface area contributed by atoms with E-state index in [0.717, 1.165) is 6.04 Å². The van der Waals surface area contributed by atoms with Crippen LogP contribution in [0.15, 0.2) is 22.7 Å². The fourth-order valence-electron chi connectivity index (χ4n) is 3.95. The van der Waals surface area contributed by atoms with E-state index in [2.05, 4.69) is 64.7 Å². The largest absolute Gasteiger partial charge is 0.365 e. The van der Waals surface area contributed by atoms with Gasteiger partial charge in [-0.05, 0) is 49.9 Å². The molecule has 0 amide bonds. The first-order valence-corrected chi connectivity index (χ1v) is 9.12. The third-order valence-corrected chi connectivity index (χ3v) is 5.72. The Morgan fingerprint density at radius 3 is 2.76 bits per heavy atom. The standard InChI is InChI=1S/C18H27BrN2/c1-13(2)18-12-20-9-5-4-6-16(20)11-21(18)17-10-15(19)8-7-14(17)3/h7-8,10,13,16,18H,4-6,9,11-12H2,1-3H3. The number of anilines is 1. The van der Waals surface area contributed by atoms with E-state index in [1.807, 2.05) is 0 Å². The highest BCUT2D eigenvalue weighted by Gasteiger charge is 2.36. The summed E-state index contributed by atoms with van der Waals surface area (Å²) >= 11 is 3.65. The van der Waals surface area contributed by atoms with Gasteiger partial charge in [-0.3, -0.25) is 4.90 Å². The number of halogens is 1. The van der Waals surface area contributed by atoms with E-state index in [1.54, 1.807) is 0 Å². The van der Waals surface area contributed by atoms with Crippen LogP contribution in [0, 0.1) is 12.8 Å². The molecule has 0 bridgehead atoms. The van der Waals surface area contributed by atoms with Gasteiger partial charge in [-0.25, -0.2) is 0 Å². The number of nitrogens with zero attached hydrogens (tertiary/aromatic N) is 2. The van der Waals surface area contributed by atoms with Gasteiger partial charge in [-0.2, -0.15) is 0 Å². The van der Waals surface area contributed by atoms with Crippen LogP contribution in [0.4, 0.5) is 5.69 Å². The molecule has 2 fully saturated rings. The number of benzene rings is 1. The van der Waals surface area contributed by atoms with E-state index in [4.69, 9.17) is 0 Å². The van der Waals surface area contributed by atoms with E-state index in [9.17, 15) is 0 Å². The maximum atomic E-state index is 3.65. The van der Waals surface area contributed by atoms with Crippen LogP contribution < -0.4 is 4.90 Å². The van der Waals surface area contributed by atoms with Gasteiger partial charge in [-0.1, -0.05) is 42.3 Å². The SMILES string of the molecule is Cc1ccc(Br)cc1N1CC2CCCCN2CC1C(C)C. The second kappa shape index (κ2) is 6.29. The topological polar surface area (TPSA) is 6.48 Å². The van der Waals surface area contributed by atoms with Crippen molar-refractivity contribution >= 4 is 21.6 Å². The first-order chi connectivity index (χ1) is 10.1. The second-order valence-corrected chi connectivity index (χ2v) is 7.95. The van der Waals surface area contributed by atoms with E-state index in [-0.39, 0.29) is 0 Å². The second-order valence-electron chi connectivity index (χ2n) is 7.04. The van der Waals surface area contributed by atoms with Crippen LogP contribution in [0.5, 0.6) is 0 Å². The number of fused-ring (bicyclic) bond motifs is 1. The summed E-state index contributed by atoms with van der Waals surface area (Å²) in [5, 5.41) is 0. The molecule has 1 aromatic carbocycles. The summed E-state index contributed by atoms with van der Waals surface area (Å²) < 4.78 is 1.19. The van der Waals surface area contributed by atoms with Crippen LogP contribution in [-0.2, 0) is 0 Å². The highest BCUT2D eigenvalue weighted by molar-refractivity contribution is 9.10. The van der Waals surface area contributed by atoms with Gasteiger partial charge in [0, 0.05) is 35.3 Å². The predicted octanol–water partition coefficient (Wildman–Crippen LogP) is 4.46. The van der Waals surface area contributed by atoms with Crippen LogP contribution in [0.25, 0.3) is 0 Å². The normalized spacial score (nSPS) is 27.0. The van der Waals surface area contributed by atoms with Crippen molar-refractivity contribution in [2.75, 3.05) is 24.5 Å². The molecule has 0 radical (unpaired) electrons. The molecular weight excluding hydrogens is 324 g/mol. The molecule has 2 atom stereocenters. The number of piperazine rings is 1. The van der Waals surface area contributed by atoms with Gasteiger partial charge in [0.15, 0.2) is 0 Å². The minimum Gasteiger partial charge on any atom is -0.365 e. The monoisotopic (exact) mass is 350 g/mol. The lowest BCUT2D eigenvalue weighted by atomic mass is 9.91. The zero-order valence-electron chi connectivity index (χ0n) is 13.5. The van der Waals surface area contributed by atoms with Crippen LogP contribution >= 0.6 is 15.9 Å². The van der Waals surface area contributed by atoms with Crippen LogP contribution in [0.3, 0.4) is 0 Å². The van der Waals surface area contributed by atoms with Gasteiger partial charge in [0.2, 0.25) is 0 Å². The minimum atomic E-state index is 0.632. The average molecular weight is 351 g/mol. The molecule has 2 saturated heterocycles. The van der Waals surface area contributed by atoms with Crippen molar-refractivity contribution < 1.29 is 0 Å². The molecular formula is C18H27BrN2. The van der Waals surface area contributed by atoms with Gasteiger partial charge in [0.1, 0.15) is 0 Å². The summed E-state index contributed by atoms with van der Waals surface area (Å²) in [6, 6.07) is 8.09. The third-order valence-electron chi connectivity index (χ3n) is 5.23. The van der Waals surface area contributed by atoms with Crippen molar-refractivity contribution in [1.29, 1.82) is 0 Å². The highest BCUT2D eigenvalue weighted by atomic mass is 79.9. The summed E-state index contributed by atoms with van der Waals surface area (Å²) in [6.45, 7) is 10.7. The highest BCUT2D eigenvalue weighted by Crippen LogP contribution is 2.33. The maximum Gasteiger partial charge on any atom is 0.0440 e. The van der Waals surface area contributed by atoms with Crippen molar-refractivity contribution in [3.63, 3.8) is 0 Å². The summed E-state index contributed by atoms with van der Waals surface area (Å²) in [7, 11) is 0. The molecule has 0 aromatic heterocycles. The molecule has 0 aliphatic carbocycles. The van der Waals surface area contributed by atoms with Crippen molar-refractivity contribution in [2.45, 2.75) is 52.1 Å². The molecule has 116 valence electrons. The summed E-state index contributed by atoms with van der Waals surface area (Å²) in [5.74, 6) is 0.686. The number of hydrogen-bond donors (Lipinski definition) is 0. The van der Waals surface area contributed by atoms with Crippen molar-refractivity contribution in [2.24, 2.45) is 5.92 Å². The quantitative estimate of drug-likeness (QED) is 0.776. The lowest BCUT2D eigenvalue weighted by molar-refractivity contribution is 0.100. The number of piperidine rings is 1. The Kier molecular flexibility index (Phi) is 4.60. The van der Waals surface area contributed by atoms with Crippen molar-refractivity contribution in [3.8, 4) is 0 Å². The first kappa shape index (κ1) is 15.4. The summed E-state index contributed by atoms with van der Waals surface area (Å²) in [5.41, 5.74) is 2.82. The molecule has 0 N–H and O–H groups in total. The van der Waals surface area contributed by atoms with Gasteiger partial charge in [0.25, 0.3) is 0 Å². The number of rotatable bonds is 2. The maximum absolute atomic E-state index is 3.65. The smallest absolute Gasteiger partial charge is 0.0440 e. The zero-order chi connectivity index (χ0) is 15.0. The molecule has 2 aliphatic rings. The lowest BCUT2D eigenvalue weighted by Crippen LogP contribution is -2.61. The molecule has 3 heteroatoms. The third kappa shape index (κ3) is 3.14. The van der Waals surface area contributed by atoms with Gasteiger partial charge < -0.3 is 4.90 Å². The Morgan fingerprint density at radius 1 is 1.19 bits per heavy atom. The van der Waals surface area contributed by atoms with Gasteiger partial charge >= 0.3 is 0 Å². The molecule has 2 aliphatic heterocycles. The molecule has 1 aromatic rings. The molecule has 2 unspecified atom stereocenters. The summed E-state index contributed by atoms with van der Waals surface area (Å²) in [6.07, 6.45) is 4.16. The van der Waals surface area contributed by atoms with E-state index in [0.29, 0.717) is 12.0 Å². The Hall–Kier alpha value is -0.540. The molecule has 3 rings (SSSR count). The first-order valence-electron chi connectivity index (χ1n) is 8.33. The minimum absolute atomic E-state index is 0.632. The Bertz CT molecular complexity index is 500. The Morgan fingerprint density at radius 2 is 2.00 bits per heavy atom. The summed E-state index contributed by atoms with van der Waals surface area (Å²) in [4.78, 5) is 5.44.